The lowest BCUT2D eigenvalue weighted by atomic mass is 10.0. The van der Waals surface area contributed by atoms with Crippen molar-refractivity contribution in [1.29, 1.82) is 0 Å². The summed E-state index contributed by atoms with van der Waals surface area (Å²) in [4.78, 5) is 22.3. The van der Waals surface area contributed by atoms with Crippen molar-refractivity contribution in [2.24, 2.45) is 0 Å². The van der Waals surface area contributed by atoms with Crippen LogP contribution in [0.5, 0.6) is 11.5 Å². The minimum atomic E-state index is -0.201. The van der Waals surface area contributed by atoms with E-state index in [-0.39, 0.29) is 5.91 Å². The molecule has 6 rings (SSSR count). The number of piperazine rings is 1. The molecule has 0 unspecified atom stereocenters. The quantitative estimate of drug-likeness (QED) is 0.197. The molecule has 0 saturated carbocycles. The number of hydrogen-bond acceptors (Lipinski definition) is 6. The van der Waals surface area contributed by atoms with Crippen LogP contribution in [0.1, 0.15) is 39.2 Å². The molecule has 9 heteroatoms. The summed E-state index contributed by atoms with van der Waals surface area (Å²) in [5.74, 6) is 0.922. The van der Waals surface area contributed by atoms with E-state index in [1.165, 1.54) is 40.8 Å². The molecule has 0 radical (unpaired) electrons. The predicted molar refractivity (Wildman–Crippen MR) is 184 cm³/mol. The monoisotopic (exact) mass is 620 g/mol. The summed E-state index contributed by atoms with van der Waals surface area (Å²) >= 11 is 0. The number of anilines is 1. The number of carbonyl (C=O) groups is 1. The zero-order valence-electron chi connectivity index (χ0n) is 27.5. The molecule has 0 aliphatic carbocycles. The van der Waals surface area contributed by atoms with Crippen molar-refractivity contribution in [3.8, 4) is 17.2 Å². The van der Waals surface area contributed by atoms with Crippen LogP contribution in [-0.4, -0.2) is 83.8 Å². The van der Waals surface area contributed by atoms with Crippen molar-refractivity contribution in [3.05, 3.63) is 101 Å². The van der Waals surface area contributed by atoms with Crippen molar-refractivity contribution in [1.82, 2.24) is 23.9 Å². The van der Waals surface area contributed by atoms with E-state index in [0.29, 0.717) is 28.4 Å². The van der Waals surface area contributed by atoms with Gasteiger partial charge in [-0.05, 0) is 81.2 Å². The first-order valence-corrected chi connectivity index (χ1v) is 16.0. The molecule has 3 aromatic carbocycles. The Morgan fingerprint density at radius 3 is 2.24 bits per heavy atom. The third kappa shape index (κ3) is 6.66. The standard InChI is InChI=1S/C37H44N6O3/c1-26-27(2)43(15-6-14-41-19-17-40(3)18-20-41)33-12-9-29(22-32(26)33)21-28-7-10-30(11-8-28)37(44)39-31-23-34(45-4)36(35(24-31)46-5)42-16-13-38-25-42/h7-13,16,22-25H,6,14-15,17-21H2,1-5H3,(H,39,44). The van der Waals surface area contributed by atoms with E-state index < -0.39 is 0 Å². The van der Waals surface area contributed by atoms with Crippen LogP contribution in [0.3, 0.4) is 0 Å². The summed E-state index contributed by atoms with van der Waals surface area (Å²) in [7, 11) is 5.39. The van der Waals surface area contributed by atoms with Gasteiger partial charge < -0.3 is 29.2 Å². The van der Waals surface area contributed by atoms with Crippen LogP contribution in [0, 0.1) is 13.8 Å². The lowest BCUT2D eigenvalue weighted by Gasteiger charge is -2.32. The van der Waals surface area contributed by atoms with Gasteiger partial charge in [-0.3, -0.25) is 9.36 Å². The topological polar surface area (TPSA) is 76.8 Å². The molecule has 0 bridgehead atoms. The molecule has 1 amide bonds. The Morgan fingerprint density at radius 2 is 1.59 bits per heavy atom. The first-order chi connectivity index (χ1) is 22.3. The number of nitrogens with zero attached hydrogens (tertiary/aromatic N) is 5. The number of methoxy groups -OCH3 is 2. The second-order valence-electron chi connectivity index (χ2n) is 12.2. The summed E-state index contributed by atoms with van der Waals surface area (Å²) < 4.78 is 15.5. The summed E-state index contributed by atoms with van der Waals surface area (Å²) in [5.41, 5.74) is 8.32. The van der Waals surface area contributed by atoms with Crippen LogP contribution in [0.2, 0.25) is 0 Å². The average Bonchev–Trinajstić information content (AvgIpc) is 3.69. The number of rotatable bonds is 11. The second-order valence-corrected chi connectivity index (χ2v) is 12.2. The molecule has 46 heavy (non-hydrogen) atoms. The molecule has 9 nitrogen and oxygen atoms in total. The van der Waals surface area contributed by atoms with Gasteiger partial charge in [0.1, 0.15) is 17.2 Å². The molecule has 1 aliphatic heterocycles. The summed E-state index contributed by atoms with van der Waals surface area (Å²) in [5, 5.41) is 4.32. The maximum absolute atomic E-state index is 13.2. The Bertz CT molecular complexity index is 1780. The normalized spacial score (nSPS) is 14.1. The molecule has 0 atom stereocenters. The zero-order chi connectivity index (χ0) is 32.2. The van der Waals surface area contributed by atoms with Crippen molar-refractivity contribution in [2.75, 3.05) is 59.3 Å². The van der Waals surface area contributed by atoms with Crippen LogP contribution in [0.4, 0.5) is 5.69 Å². The number of likely N-dealkylation sites (N-methyl/N-ethyl adjacent to an activating group) is 1. The van der Waals surface area contributed by atoms with Gasteiger partial charge in [-0.25, -0.2) is 4.98 Å². The van der Waals surface area contributed by atoms with E-state index in [0.717, 1.165) is 44.6 Å². The maximum Gasteiger partial charge on any atom is 0.255 e. The van der Waals surface area contributed by atoms with E-state index in [1.54, 1.807) is 38.9 Å². The molecule has 2 aromatic heterocycles. The minimum absolute atomic E-state index is 0.201. The average molecular weight is 621 g/mol. The Morgan fingerprint density at radius 1 is 0.891 bits per heavy atom. The highest BCUT2D eigenvalue weighted by Crippen LogP contribution is 2.36. The predicted octanol–water partition coefficient (Wildman–Crippen LogP) is 5.94. The molecule has 1 N–H and O–H groups in total. The van der Waals surface area contributed by atoms with Gasteiger partial charge in [0, 0.05) is 85.1 Å². The fourth-order valence-electron chi connectivity index (χ4n) is 6.44. The number of nitrogens with one attached hydrogen (secondary N) is 1. The van der Waals surface area contributed by atoms with Crippen LogP contribution >= 0.6 is 0 Å². The highest BCUT2D eigenvalue weighted by atomic mass is 16.5. The fourth-order valence-corrected chi connectivity index (χ4v) is 6.44. The number of fused-ring (bicyclic) bond motifs is 1. The van der Waals surface area contributed by atoms with Crippen molar-refractivity contribution >= 4 is 22.5 Å². The molecular formula is C37H44N6O3. The van der Waals surface area contributed by atoms with Gasteiger partial charge in [-0.2, -0.15) is 0 Å². The fraction of sp³-hybridized carbons (Fsp3) is 0.351. The van der Waals surface area contributed by atoms with Crippen molar-refractivity contribution < 1.29 is 14.3 Å². The molecule has 1 fully saturated rings. The molecule has 5 aromatic rings. The number of benzene rings is 3. The van der Waals surface area contributed by atoms with Gasteiger partial charge >= 0.3 is 0 Å². The second kappa shape index (κ2) is 13.8. The molecule has 3 heterocycles. The van der Waals surface area contributed by atoms with E-state index in [2.05, 4.69) is 63.8 Å². The number of hydrogen-bond donors (Lipinski definition) is 1. The van der Waals surface area contributed by atoms with Gasteiger partial charge in [-0.1, -0.05) is 18.2 Å². The number of ether oxygens (including phenoxy) is 2. The number of imidazole rings is 1. The van der Waals surface area contributed by atoms with E-state index in [4.69, 9.17) is 9.47 Å². The number of aromatic nitrogens is 3. The van der Waals surface area contributed by atoms with Gasteiger partial charge in [0.2, 0.25) is 0 Å². The van der Waals surface area contributed by atoms with Crippen LogP contribution < -0.4 is 14.8 Å². The first-order valence-electron chi connectivity index (χ1n) is 16.0. The minimum Gasteiger partial charge on any atom is -0.494 e. The van der Waals surface area contributed by atoms with E-state index in [1.807, 2.05) is 35.0 Å². The molecule has 0 spiro atoms. The van der Waals surface area contributed by atoms with Gasteiger partial charge in [-0.15, -0.1) is 0 Å². The number of carbonyl (C=O) groups excluding carboxylic acids is 1. The van der Waals surface area contributed by atoms with Gasteiger partial charge in [0.25, 0.3) is 5.91 Å². The summed E-state index contributed by atoms with van der Waals surface area (Å²) in [6.07, 6.45) is 7.14. The Labute approximate surface area is 271 Å². The third-order valence-corrected chi connectivity index (χ3v) is 9.28. The van der Waals surface area contributed by atoms with Crippen molar-refractivity contribution in [3.63, 3.8) is 0 Å². The molecular weight excluding hydrogens is 576 g/mol. The smallest absolute Gasteiger partial charge is 0.255 e. The Hall–Kier alpha value is -4.60. The van der Waals surface area contributed by atoms with Gasteiger partial charge in [0.05, 0.1) is 20.5 Å². The number of amides is 1. The lowest BCUT2D eigenvalue weighted by molar-refractivity contribution is 0.102. The van der Waals surface area contributed by atoms with Crippen molar-refractivity contribution in [2.45, 2.75) is 33.2 Å². The largest absolute Gasteiger partial charge is 0.494 e. The summed E-state index contributed by atoms with van der Waals surface area (Å²) in [6, 6.07) is 18.2. The van der Waals surface area contributed by atoms with Crippen LogP contribution in [0.15, 0.2) is 73.3 Å². The Kier molecular flexibility index (Phi) is 9.42. The SMILES string of the molecule is COc1cc(NC(=O)c2ccc(Cc3ccc4c(c3)c(C)c(C)n4CCCN3CCN(C)CC3)cc2)cc(OC)c1-n1ccnc1. The zero-order valence-corrected chi connectivity index (χ0v) is 27.5. The lowest BCUT2D eigenvalue weighted by Crippen LogP contribution is -2.44. The summed E-state index contributed by atoms with van der Waals surface area (Å²) in [6.45, 7) is 11.3. The van der Waals surface area contributed by atoms with Crippen LogP contribution in [0.25, 0.3) is 16.6 Å². The molecule has 240 valence electrons. The van der Waals surface area contributed by atoms with E-state index in [9.17, 15) is 4.79 Å². The Balaban J connectivity index is 1.11. The third-order valence-electron chi connectivity index (χ3n) is 9.28. The molecule has 1 saturated heterocycles. The van der Waals surface area contributed by atoms with E-state index >= 15 is 0 Å². The maximum atomic E-state index is 13.2. The van der Waals surface area contributed by atoms with Crippen LogP contribution in [-0.2, 0) is 13.0 Å². The molecule has 1 aliphatic rings. The number of aryl methyl sites for hydroxylation is 2. The highest BCUT2D eigenvalue weighted by molar-refractivity contribution is 6.04. The highest BCUT2D eigenvalue weighted by Gasteiger charge is 2.18. The first kappa shape index (κ1) is 31.4. The van der Waals surface area contributed by atoms with Gasteiger partial charge in [0.15, 0.2) is 0 Å².